The van der Waals surface area contributed by atoms with E-state index in [0.717, 1.165) is 25.9 Å². The molecule has 8 N–H and O–H groups in total. The number of aliphatic hydroxyl groups is 1. The first-order chi connectivity index (χ1) is 13.6. The van der Waals surface area contributed by atoms with E-state index in [9.17, 15) is 5.11 Å². The summed E-state index contributed by atoms with van der Waals surface area (Å²) < 4.78 is 5.27. The molecule has 1 aromatic rings. The van der Waals surface area contributed by atoms with Gasteiger partial charge in [-0.1, -0.05) is 90.6 Å². The van der Waals surface area contributed by atoms with Crippen molar-refractivity contribution in [2.45, 2.75) is 79.7 Å². The molecule has 0 fully saturated rings. The van der Waals surface area contributed by atoms with Crippen LogP contribution in [-0.2, 0) is 44.0 Å². The Bertz CT molecular complexity index is 427. The predicted octanol–water partition coefficient (Wildman–Crippen LogP) is 3.78. The average Bonchev–Trinajstić information content (AvgIpc) is 2.77. The zero-order valence-electron chi connectivity index (χ0n) is 20.7. The molecule has 0 aliphatic carbocycles. The molecule has 0 spiro atoms. The molecule has 1 aromatic carbocycles. The zero-order chi connectivity index (χ0) is 22.0. The van der Waals surface area contributed by atoms with Crippen LogP contribution in [0.5, 0.6) is 0 Å². The van der Waals surface area contributed by atoms with Gasteiger partial charge in [0, 0.05) is 39.3 Å². The van der Waals surface area contributed by atoms with Crippen LogP contribution in [0.15, 0.2) is 55.1 Å². The Kier molecular flexibility index (Phi) is 57.1. The van der Waals surface area contributed by atoms with Gasteiger partial charge in [0.1, 0.15) is 0 Å². The molecular weight excluding hydrogens is 469 g/mol. The maximum Gasteiger partial charge on any atom is 0.174 e. The van der Waals surface area contributed by atoms with Gasteiger partial charge in [-0.2, -0.15) is 0 Å². The minimum atomic E-state index is -0.798. The smallest absolute Gasteiger partial charge is 0.174 e. The van der Waals surface area contributed by atoms with E-state index in [4.69, 9.17) is 10.5 Å². The molecule has 0 aromatic heterocycles. The standard InChI is InChI=1S/C10H18O2.C7H9N.C5H13N.C2H6.2H2O.Y/c1-4-7-8-10(11)12-9(5-2)6-3;8-6-7-4-2-1-3-5-7;1-3-5-6-4-2;1-2;;;/h4,7-11H,1,5-6H2,2-3H3;1-5H,6,8H2;6H,3-5H2,1-2H3;1-2H3;2*1H2;/b8-7-;;;;;;. The molecule has 0 aliphatic rings. The van der Waals surface area contributed by atoms with Gasteiger partial charge in [0.2, 0.25) is 0 Å². The van der Waals surface area contributed by atoms with Crippen molar-refractivity contribution in [2.75, 3.05) is 13.1 Å². The van der Waals surface area contributed by atoms with Crippen LogP contribution in [0.1, 0.15) is 66.4 Å². The average molecular weight is 520 g/mol. The van der Waals surface area contributed by atoms with Crippen LogP contribution in [-0.4, -0.2) is 41.5 Å². The molecule has 1 unspecified atom stereocenters. The summed E-state index contributed by atoms with van der Waals surface area (Å²) in [7, 11) is 0. The van der Waals surface area contributed by atoms with Gasteiger partial charge in [-0.3, -0.25) is 0 Å². The van der Waals surface area contributed by atoms with Crippen molar-refractivity contribution in [1.82, 2.24) is 5.32 Å². The monoisotopic (exact) mass is 519 g/mol. The molecule has 0 amide bonds. The summed E-state index contributed by atoms with van der Waals surface area (Å²) in [4.78, 5) is 0. The van der Waals surface area contributed by atoms with Gasteiger partial charge < -0.3 is 31.8 Å². The Morgan fingerprint density at radius 3 is 1.87 bits per heavy atom. The van der Waals surface area contributed by atoms with Crippen LogP contribution >= 0.6 is 0 Å². The number of allylic oxidation sites excluding steroid dienone is 2. The fourth-order valence-corrected chi connectivity index (χ4v) is 1.86. The quantitative estimate of drug-likeness (QED) is 0.247. The molecule has 1 rings (SSSR count). The number of hydrogen-bond donors (Lipinski definition) is 3. The predicted molar refractivity (Wildman–Crippen MR) is 133 cm³/mol. The summed E-state index contributed by atoms with van der Waals surface area (Å²) in [6.07, 6.45) is 7.30. The van der Waals surface area contributed by atoms with Gasteiger partial charge in [-0.25, -0.2) is 0 Å². The Balaban J connectivity index is -0.0000000726. The van der Waals surface area contributed by atoms with Crippen molar-refractivity contribution in [3.8, 4) is 0 Å². The summed E-state index contributed by atoms with van der Waals surface area (Å²) in [6.45, 7) is 18.8. The first kappa shape index (κ1) is 44.3. The summed E-state index contributed by atoms with van der Waals surface area (Å²) in [5.74, 6) is 0. The van der Waals surface area contributed by atoms with E-state index in [1.165, 1.54) is 12.0 Å². The first-order valence-electron chi connectivity index (χ1n) is 10.7. The largest absolute Gasteiger partial charge is 0.412 e. The number of benzene rings is 1. The molecule has 0 saturated carbocycles. The minimum absolute atomic E-state index is 0. The van der Waals surface area contributed by atoms with Gasteiger partial charge in [-0.15, -0.1) is 0 Å². The molecule has 1 atom stereocenters. The zero-order valence-corrected chi connectivity index (χ0v) is 23.6. The first-order valence-corrected chi connectivity index (χ1v) is 10.7. The van der Waals surface area contributed by atoms with E-state index in [1.807, 2.05) is 58.0 Å². The Morgan fingerprint density at radius 2 is 1.58 bits per heavy atom. The summed E-state index contributed by atoms with van der Waals surface area (Å²) >= 11 is 0. The van der Waals surface area contributed by atoms with Crippen LogP contribution in [0.3, 0.4) is 0 Å². The minimum Gasteiger partial charge on any atom is -0.412 e. The molecule has 0 aliphatic heterocycles. The van der Waals surface area contributed by atoms with Crippen molar-refractivity contribution in [1.29, 1.82) is 0 Å². The third-order valence-electron chi connectivity index (χ3n) is 3.41. The molecule has 0 bridgehead atoms. The van der Waals surface area contributed by atoms with Crippen LogP contribution < -0.4 is 11.1 Å². The van der Waals surface area contributed by atoms with E-state index in [-0.39, 0.29) is 49.8 Å². The van der Waals surface area contributed by atoms with Crippen LogP contribution in [0, 0.1) is 0 Å². The molecular formula is C24H50N2O4Y. The molecule has 6 nitrogen and oxygen atoms in total. The fraction of sp³-hybridized carbons (Fsp3) is 0.583. The SMILES string of the molecule is C=C/C=C\C(O)OC(CC)CC.CC.CCCNCC.NCc1ccccc1.O.O.[Y]. The molecule has 0 heterocycles. The van der Waals surface area contributed by atoms with Gasteiger partial charge in [0.25, 0.3) is 0 Å². The van der Waals surface area contributed by atoms with Crippen LogP contribution in [0.25, 0.3) is 0 Å². The number of rotatable bonds is 10. The van der Waals surface area contributed by atoms with Crippen molar-refractivity contribution in [3.63, 3.8) is 0 Å². The number of ether oxygens (including phenoxy) is 1. The van der Waals surface area contributed by atoms with Gasteiger partial charge in [-0.05, 0) is 44.0 Å². The second-order valence-corrected chi connectivity index (χ2v) is 5.63. The summed E-state index contributed by atoms with van der Waals surface area (Å²) in [5, 5.41) is 12.5. The van der Waals surface area contributed by atoms with Gasteiger partial charge in [0.15, 0.2) is 6.29 Å². The molecule has 31 heavy (non-hydrogen) atoms. The number of nitrogens with two attached hydrogens (primary N) is 1. The van der Waals surface area contributed by atoms with E-state index >= 15 is 0 Å². The normalized spacial score (nSPS) is 9.71. The third-order valence-corrected chi connectivity index (χ3v) is 3.41. The number of nitrogens with one attached hydrogen (secondary N) is 1. The van der Waals surface area contributed by atoms with Gasteiger partial charge in [0.05, 0.1) is 6.10 Å². The molecule has 1 radical (unpaired) electrons. The maximum absolute atomic E-state index is 9.26. The topological polar surface area (TPSA) is 131 Å². The van der Waals surface area contributed by atoms with Gasteiger partial charge >= 0.3 is 0 Å². The van der Waals surface area contributed by atoms with Crippen molar-refractivity contribution in [3.05, 3.63) is 60.7 Å². The van der Waals surface area contributed by atoms with E-state index in [0.29, 0.717) is 6.54 Å². The maximum atomic E-state index is 9.26. The van der Waals surface area contributed by atoms with Crippen LogP contribution in [0.2, 0.25) is 0 Å². The Morgan fingerprint density at radius 1 is 1.06 bits per heavy atom. The van der Waals surface area contributed by atoms with E-state index in [1.54, 1.807) is 18.2 Å². The third kappa shape index (κ3) is 37.2. The van der Waals surface area contributed by atoms with Crippen molar-refractivity contribution in [2.24, 2.45) is 5.73 Å². The Hall–Kier alpha value is -0.436. The van der Waals surface area contributed by atoms with E-state index < -0.39 is 6.29 Å². The molecule has 0 saturated heterocycles. The second kappa shape index (κ2) is 40.0. The molecule has 7 heteroatoms. The number of aliphatic hydroxyl groups excluding tert-OH is 1. The Labute approximate surface area is 217 Å². The van der Waals surface area contributed by atoms with E-state index in [2.05, 4.69) is 25.7 Å². The summed E-state index contributed by atoms with van der Waals surface area (Å²) in [6, 6.07) is 9.99. The fourth-order valence-electron chi connectivity index (χ4n) is 1.86. The second-order valence-electron chi connectivity index (χ2n) is 5.63. The molecule has 183 valence electrons. The van der Waals surface area contributed by atoms with Crippen molar-refractivity contribution < 1.29 is 53.5 Å². The van der Waals surface area contributed by atoms with Crippen molar-refractivity contribution >= 4 is 0 Å². The number of hydrogen-bond acceptors (Lipinski definition) is 4. The summed E-state index contributed by atoms with van der Waals surface area (Å²) in [5.41, 5.74) is 6.54. The van der Waals surface area contributed by atoms with Crippen LogP contribution in [0.4, 0.5) is 0 Å².